The molecule has 1 unspecified atom stereocenters. The Morgan fingerprint density at radius 1 is 1.20 bits per heavy atom. The molecule has 2 amide bonds. The second-order valence-corrected chi connectivity index (χ2v) is 6.51. The molecule has 1 atom stereocenters. The Bertz CT molecular complexity index is 784. The van der Waals surface area contributed by atoms with Crippen LogP contribution in [-0.2, 0) is 20.7 Å². The Balaban J connectivity index is 1.90. The fraction of sp³-hybridized carbons (Fsp3) is 0.400. The van der Waals surface area contributed by atoms with Crippen molar-refractivity contribution in [3.8, 4) is 0 Å². The molecule has 0 spiro atoms. The van der Waals surface area contributed by atoms with E-state index in [1.165, 1.54) is 0 Å². The second kappa shape index (κ2) is 7.23. The highest BCUT2D eigenvalue weighted by atomic mass is 16.5. The average molecular weight is 340 g/mol. The van der Waals surface area contributed by atoms with E-state index in [0.29, 0.717) is 13.0 Å². The normalized spacial score (nSPS) is 20.0. The molecule has 0 aliphatic carbocycles. The number of carbonyl (C=O) groups excluding carboxylic acids is 2. The number of methoxy groups -OCH3 is 1. The fourth-order valence-corrected chi connectivity index (χ4v) is 3.87. The van der Waals surface area contributed by atoms with Gasteiger partial charge in [0, 0.05) is 20.7 Å². The highest BCUT2D eigenvalue weighted by Crippen LogP contribution is 2.31. The summed E-state index contributed by atoms with van der Waals surface area (Å²) in [6.07, 6.45) is 1.71. The van der Waals surface area contributed by atoms with Crippen LogP contribution in [-0.4, -0.2) is 49.6 Å². The van der Waals surface area contributed by atoms with Crippen LogP contribution in [0.15, 0.2) is 42.5 Å². The van der Waals surface area contributed by atoms with Gasteiger partial charge >= 0.3 is 0 Å². The minimum absolute atomic E-state index is 0.0329. The van der Waals surface area contributed by atoms with E-state index in [2.05, 4.69) is 5.32 Å². The molecule has 2 aromatic carbocycles. The molecular formula is C20H24N2O3. The number of likely N-dealkylation sites (tertiary alicyclic amines) is 1. The number of rotatable bonds is 5. The number of amides is 2. The molecule has 5 nitrogen and oxygen atoms in total. The lowest BCUT2D eigenvalue weighted by Gasteiger charge is -2.36. The van der Waals surface area contributed by atoms with Gasteiger partial charge in [-0.15, -0.1) is 0 Å². The van der Waals surface area contributed by atoms with Crippen molar-refractivity contribution in [2.75, 3.05) is 27.3 Å². The molecule has 5 heteroatoms. The summed E-state index contributed by atoms with van der Waals surface area (Å²) in [5.74, 6) is -0.187. The first-order valence-electron chi connectivity index (χ1n) is 8.60. The molecule has 1 aliphatic heterocycles. The van der Waals surface area contributed by atoms with Crippen LogP contribution in [0.1, 0.15) is 18.4 Å². The van der Waals surface area contributed by atoms with Crippen molar-refractivity contribution in [3.63, 3.8) is 0 Å². The van der Waals surface area contributed by atoms with E-state index in [4.69, 9.17) is 4.74 Å². The lowest BCUT2D eigenvalue weighted by atomic mass is 9.94. The summed E-state index contributed by atoms with van der Waals surface area (Å²) in [6, 6.07) is 14.0. The predicted octanol–water partition coefficient (Wildman–Crippen LogP) is 2.14. The van der Waals surface area contributed by atoms with Gasteiger partial charge in [0.25, 0.3) is 0 Å². The second-order valence-electron chi connectivity index (χ2n) is 6.51. The highest BCUT2D eigenvalue weighted by Gasteiger charge is 2.49. The third-order valence-electron chi connectivity index (χ3n) is 5.04. The number of hydrogen-bond donors (Lipinski definition) is 1. The van der Waals surface area contributed by atoms with Crippen LogP contribution in [0.5, 0.6) is 0 Å². The minimum Gasteiger partial charge on any atom is -0.382 e. The van der Waals surface area contributed by atoms with Crippen LogP contribution in [0.25, 0.3) is 10.8 Å². The van der Waals surface area contributed by atoms with Crippen LogP contribution in [0, 0.1) is 0 Å². The van der Waals surface area contributed by atoms with E-state index in [1.807, 2.05) is 42.5 Å². The molecule has 2 aromatic rings. The third kappa shape index (κ3) is 3.12. The van der Waals surface area contributed by atoms with Gasteiger partial charge in [-0.2, -0.15) is 0 Å². The number of fused-ring (bicyclic) bond motifs is 1. The van der Waals surface area contributed by atoms with E-state index in [-0.39, 0.29) is 24.8 Å². The smallest absolute Gasteiger partial charge is 0.248 e. The van der Waals surface area contributed by atoms with Crippen molar-refractivity contribution in [2.24, 2.45) is 0 Å². The van der Waals surface area contributed by atoms with Crippen LogP contribution in [0.3, 0.4) is 0 Å². The van der Waals surface area contributed by atoms with Gasteiger partial charge in [-0.25, -0.2) is 0 Å². The molecule has 25 heavy (non-hydrogen) atoms. The molecule has 0 bridgehead atoms. The van der Waals surface area contributed by atoms with Gasteiger partial charge in [-0.05, 0) is 29.2 Å². The quantitative estimate of drug-likeness (QED) is 0.907. The van der Waals surface area contributed by atoms with Gasteiger partial charge in [-0.3, -0.25) is 9.59 Å². The number of likely N-dealkylation sites (N-methyl/N-ethyl adjacent to an activating group) is 1. The van der Waals surface area contributed by atoms with Crippen LogP contribution >= 0.6 is 0 Å². The summed E-state index contributed by atoms with van der Waals surface area (Å²) in [7, 11) is 3.17. The summed E-state index contributed by atoms with van der Waals surface area (Å²) in [4.78, 5) is 27.3. The van der Waals surface area contributed by atoms with Gasteiger partial charge in [-0.1, -0.05) is 42.5 Å². The Morgan fingerprint density at radius 2 is 1.96 bits per heavy atom. The first kappa shape index (κ1) is 17.4. The van der Waals surface area contributed by atoms with Crippen LogP contribution in [0.4, 0.5) is 0 Å². The zero-order valence-corrected chi connectivity index (χ0v) is 14.7. The Labute approximate surface area is 148 Å². The maximum atomic E-state index is 13.1. The average Bonchev–Trinajstić information content (AvgIpc) is 3.06. The van der Waals surface area contributed by atoms with Crippen molar-refractivity contribution in [3.05, 3.63) is 48.0 Å². The van der Waals surface area contributed by atoms with E-state index in [9.17, 15) is 9.59 Å². The summed E-state index contributed by atoms with van der Waals surface area (Å²) in [5, 5.41) is 4.89. The number of carbonyl (C=O) groups is 2. The van der Waals surface area contributed by atoms with Gasteiger partial charge in [0.05, 0.1) is 13.0 Å². The van der Waals surface area contributed by atoms with Crippen LogP contribution in [0.2, 0.25) is 0 Å². The lowest BCUT2D eigenvalue weighted by molar-refractivity contribution is -0.147. The summed E-state index contributed by atoms with van der Waals surface area (Å²) in [6.45, 7) is 0.800. The SMILES string of the molecule is CNC(=O)C1(COC)CCCN1C(=O)Cc1cccc2ccccc12. The molecule has 1 N–H and O–H groups in total. The van der Waals surface area contributed by atoms with Crippen molar-refractivity contribution in [1.29, 1.82) is 0 Å². The Hall–Kier alpha value is -2.40. The molecule has 132 valence electrons. The Morgan fingerprint density at radius 3 is 2.72 bits per heavy atom. The number of nitrogens with one attached hydrogen (secondary N) is 1. The van der Waals surface area contributed by atoms with Gasteiger partial charge in [0.15, 0.2) is 0 Å². The number of hydrogen-bond acceptors (Lipinski definition) is 3. The monoisotopic (exact) mass is 340 g/mol. The molecule has 1 saturated heterocycles. The van der Waals surface area contributed by atoms with Crippen molar-refractivity contribution in [1.82, 2.24) is 10.2 Å². The van der Waals surface area contributed by atoms with E-state index >= 15 is 0 Å². The van der Waals surface area contributed by atoms with E-state index in [0.717, 1.165) is 22.8 Å². The summed E-state index contributed by atoms with van der Waals surface area (Å²) < 4.78 is 5.30. The Kier molecular flexibility index (Phi) is 5.04. The fourth-order valence-electron chi connectivity index (χ4n) is 3.87. The predicted molar refractivity (Wildman–Crippen MR) is 97.3 cm³/mol. The maximum Gasteiger partial charge on any atom is 0.248 e. The largest absolute Gasteiger partial charge is 0.382 e. The van der Waals surface area contributed by atoms with Gasteiger partial charge < -0.3 is 15.0 Å². The zero-order chi connectivity index (χ0) is 17.9. The highest BCUT2D eigenvalue weighted by molar-refractivity contribution is 5.95. The van der Waals surface area contributed by atoms with E-state index < -0.39 is 5.54 Å². The van der Waals surface area contributed by atoms with Crippen molar-refractivity contribution >= 4 is 22.6 Å². The molecule has 1 fully saturated rings. The van der Waals surface area contributed by atoms with Gasteiger partial charge in [0.2, 0.25) is 11.8 Å². The minimum atomic E-state index is -0.898. The maximum absolute atomic E-state index is 13.1. The lowest BCUT2D eigenvalue weighted by Crippen LogP contribution is -2.59. The first-order chi connectivity index (χ1) is 12.1. The van der Waals surface area contributed by atoms with E-state index in [1.54, 1.807) is 19.1 Å². The molecule has 3 rings (SSSR count). The van der Waals surface area contributed by atoms with Gasteiger partial charge in [0.1, 0.15) is 5.54 Å². The zero-order valence-electron chi connectivity index (χ0n) is 14.7. The standard InChI is InChI=1S/C20H24N2O3/c1-21-19(24)20(14-25-2)11-6-12-22(20)18(23)13-16-9-5-8-15-7-3-4-10-17(15)16/h3-5,7-10H,6,11-14H2,1-2H3,(H,21,24). The molecule has 1 aliphatic rings. The van der Waals surface area contributed by atoms with Crippen molar-refractivity contribution in [2.45, 2.75) is 24.8 Å². The molecule has 0 saturated carbocycles. The molecular weight excluding hydrogens is 316 g/mol. The van der Waals surface area contributed by atoms with Crippen molar-refractivity contribution < 1.29 is 14.3 Å². The molecule has 0 aromatic heterocycles. The summed E-state index contributed by atoms with van der Waals surface area (Å²) in [5.41, 5.74) is 0.0868. The van der Waals surface area contributed by atoms with Crippen LogP contribution < -0.4 is 5.32 Å². The molecule has 0 radical (unpaired) electrons. The molecule has 1 heterocycles. The number of nitrogens with zero attached hydrogens (tertiary/aromatic N) is 1. The number of benzene rings is 2. The summed E-state index contributed by atoms with van der Waals surface area (Å²) >= 11 is 0. The number of ether oxygens (including phenoxy) is 1. The third-order valence-corrected chi connectivity index (χ3v) is 5.04. The topological polar surface area (TPSA) is 58.6 Å². The first-order valence-corrected chi connectivity index (χ1v) is 8.60.